The van der Waals surface area contributed by atoms with Crippen LogP contribution in [-0.4, -0.2) is 29.3 Å². The first kappa shape index (κ1) is 13.4. The van der Waals surface area contributed by atoms with Crippen molar-refractivity contribution >= 4 is 23.1 Å². The summed E-state index contributed by atoms with van der Waals surface area (Å²) in [5.41, 5.74) is 6.23. The van der Waals surface area contributed by atoms with Gasteiger partial charge in [-0.2, -0.15) is 0 Å². The lowest BCUT2D eigenvalue weighted by Crippen LogP contribution is -2.39. The number of rotatable bonds is 4. The Bertz CT molecular complexity index is 394. The zero-order valence-corrected chi connectivity index (χ0v) is 11.2. The number of aliphatic hydroxyl groups is 1. The van der Waals surface area contributed by atoms with Crippen LogP contribution in [0.25, 0.3) is 0 Å². The quantitative estimate of drug-likeness (QED) is 0.881. The van der Waals surface area contributed by atoms with E-state index in [1.54, 1.807) is 12.3 Å². The molecule has 1 aliphatic carbocycles. The maximum atomic E-state index is 9.24. The van der Waals surface area contributed by atoms with Gasteiger partial charge in [0.25, 0.3) is 0 Å². The topological polar surface area (TPSA) is 62.4 Å². The fourth-order valence-electron chi connectivity index (χ4n) is 2.62. The van der Waals surface area contributed by atoms with Crippen molar-refractivity contribution in [1.82, 2.24) is 4.98 Å². The van der Waals surface area contributed by atoms with Crippen LogP contribution in [-0.2, 0) is 0 Å². The molecule has 0 saturated heterocycles. The summed E-state index contributed by atoms with van der Waals surface area (Å²) in [5.74, 6) is 0.742. The molecular weight excluding hydrogens is 250 g/mol. The summed E-state index contributed by atoms with van der Waals surface area (Å²) in [6.07, 6.45) is 7.67. The molecule has 18 heavy (non-hydrogen) atoms. The van der Waals surface area contributed by atoms with Gasteiger partial charge in [-0.05, 0) is 18.9 Å². The van der Waals surface area contributed by atoms with E-state index in [1.807, 2.05) is 0 Å². The predicted octanol–water partition coefficient (Wildman–Crippen LogP) is 2.45. The van der Waals surface area contributed by atoms with Crippen LogP contribution in [0.4, 0.5) is 11.5 Å². The summed E-state index contributed by atoms with van der Waals surface area (Å²) in [6.45, 7) is 0.681. The molecule has 3 N–H and O–H groups in total. The Kier molecular flexibility index (Phi) is 4.66. The number of nitrogens with two attached hydrogens (primary N) is 1. The van der Waals surface area contributed by atoms with E-state index in [-0.39, 0.29) is 6.61 Å². The second kappa shape index (κ2) is 6.25. The fraction of sp³-hybridized carbons (Fsp3) is 0.615. The standard InChI is InChI=1S/C13H20ClN3O/c14-12-8-10(15)9-16-13(12)17(6-7-18)11-4-2-1-3-5-11/h8-9,11,18H,1-7,15H2. The Morgan fingerprint density at radius 2 is 2.11 bits per heavy atom. The zero-order chi connectivity index (χ0) is 13.0. The van der Waals surface area contributed by atoms with Crippen LogP contribution < -0.4 is 10.6 Å². The largest absolute Gasteiger partial charge is 0.397 e. The third-order valence-corrected chi connectivity index (χ3v) is 3.75. The van der Waals surface area contributed by atoms with Crippen molar-refractivity contribution in [3.63, 3.8) is 0 Å². The number of hydrogen-bond donors (Lipinski definition) is 2. The Hall–Kier alpha value is -1.00. The van der Waals surface area contributed by atoms with Crippen LogP contribution in [0.2, 0.25) is 5.02 Å². The van der Waals surface area contributed by atoms with Gasteiger partial charge >= 0.3 is 0 Å². The van der Waals surface area contributed by atoms with E-state index in [0.29, 0.717) is 23.3 Å². The van der Waals surface area contributed by atoms with E-state index in [9.17, 15) is 5.11 Å². The molecule has 1 aromatic rings. The minimum atomic E-state index is 0.110. The Labute approximate surface area is 113 Å². The molecule has 1 heterocycles. The Morgan fingerprint density at radius 3 is 2.72 bits per heavy atom. The molecule has 0 unspecified atom stereocenters. The van der Waals surface area contributed by atoms with E-state index in [4.69, 9.17) is 17.3 Å². The average molecular weight is 270 g/mol. The molecule has 1 aromatic heterocycles. The molecule has 1 aliphatic rings. The normalized spacial score (nSPS) is 16.8. The van der Waals surface area contributed by atoms with Gasteiger partial charge in [-0.15, -0.1) is 0 Å². The summed E-state index contributed by atoms with van der Waals surface area (Å²) >= 11 is 6.21. The van der Waals surface area contributed by atoms with Crippen LogP contribution in [0.15, 0.2) is 12.3 Å². The highest BCUT2D eigenvalue weighted by Gasteiger charge is 2.23. The summed E-state index contributed by atoms with van der Waals surface area (Å²) in [5, 5.41) is 9.80. The van der Waals surface area contributed by atoms with Gasteiger partial charge in [0, 0.05) is 12.6 Å². The SMILES string of the molecule is Nc1cnc(N(CCO)C2CCCCC2)c(Cl)c1. The molecule has 2 rings (SSSR count). The molecule has 1 fully saturated rings. The summed E-state index contributed by atoms with van der Waals surface area (Å²) in [6, 6.07) is 2.15. The molecule has 100 valence electrons. The molecule has 0 bridgehead atoms. The minimum Gasteiger partial charge on any atom is -0.397 e. The lowest BCUT2D eigenvalue weighted by atomic mass is 9.94. The number of nitrogens with zero attached hydrogens (tertiary/aromatic N) is 2. The molecule has 0 amide bonds. The van der Waals surface area contributed by atoms with Crippen LogP contribution in [0.5, 0.6) is 0 Å². The molecule has 0 aromatic carbocycles. The van der Waals surface area contributed by atoms with Gasteiger partial charge in [-0.25, -0.2) is 4.98 Å². The van der Waals surface area contributed by atoms with E-state index < -0.39 is 0 Å². The molecule has 5 heteroatoms. The van der Waals surface area contributed by atoms with Gasteiger partial charge in [-0.3, -0.25) is 0 Å². The molecule has 1 saturated carbocycles. The van der Waals surface area contributed by atoms with Crippen molar-refractivity contribution in [1.29, 1.82) is 0 Å². The van der Waals surface area contributed by atoms with Gasteiger partial charge in [0.15, 0.2) is 0 Å². The smallest absolute Gasteiger partial charge is 0.147 e. The first-order valence-corrected chi connectivity index (χ1v) is 6.88. The van der Waals surface area contributed by atoms with Crippen molar-refractivity contribution in [3.8, 4) is 0 Å². The van der Waals surface area contributed by atoms with Crippen molar-refractivity contribution in [2.75, 3.05) is 23.8 Å². The maximum Gasteiger partial charge on any atom is 0.147 e. The van der Waals surface area contributed by atoms with Gasteiger partial charge < -0.3 is 15.7 Å². The lowest BCUT2D eigenvalue weighted by Gasteiger charge is -2.35. The number of hydrogen-bond acceptors (Lipinski definition) is 4. The molecule has 0 atom stereocenters. The molecule has 0 aliphatic heterocycles. The highest BCUT2D eigenvalue weighted by molar-refractivity contribution is 6.33. The van der Waals surface area contributed by atoms with Crippen molar-refractivity contribution < 1.29 is 5.11 Å². The second-order valence-electron chi connectivity index (χ2n) is 4.78. The van der Waals surface area contributed by atoms with Gasteiger partial charge in [0.1, 0.15) is 5.82 Å². The number of halogens is 1. The first-order chi connectivity index (χ1) is 8.72. The monoisotopic (exact) mass is 269 g/mol. The molecular formula is C13H20ClN3O. The van der Waals surface area contributed by atoms with E-state index in [1.165, 1.54) is 19.3 Å². The molecule has 4 nitrogen and oxygen atoms in total. The van der Waals surface area contributed by atoms with Crippen LogP contribution in [0.1, 0.15) is 32.1 Å². The number of aliphatic hydroxyl groups excluding tert-OH is 1. The van der Waals surface area contributed by atoms with Crippen LogP contribution in [0, 0.1) is 0 Å². The zero-order valence-electron chi connectivity index (χ0n) is 10.5. The third-order valence-electron chi connectivity index (χ3n) is 3.47. The number of aromatic nitrogens is 1. The van der Waals surface area contributed by atoms with E-state index >= 15 is 0 Å². The van der Waals surface area contributed by atoms with Crippen molar-refractivity contribution in [2.24, 2.45) is 0 Å². The average Bonchev–Trinajstić information content (AvgIpc) is 2.38. The van der Waals surface area contributed by atoms with Gasteiger partial charge in [-0.1, -0.05) is 30.9 Å². The number of pyridine rings is 1. The maximum absolute atomic E-state index is 9.24. The molecule has 0 radical (unpaired) electrons. The minimum absolute atomic E-state index is 0.110. The first-order valence-electron chi connectivity index (χ1n) is 6.51. The third kappa shape index (κ3) is 3.06. The summed E-state index contributed by atoms with van der Waals surface area (Å²) < 4.78 is 0. The number of anilines is 2. The second-order valence-corrected chi connectivity index (χ2v) is 5.19. The number of nitrogen functional groups attached to an aromatic ring is 1. The highest BCUT2D eigenvalue weighted by atomic mass is 35.5. The van der Waals surface area contributed by atoms with Crippen molar-refractivity contribution in [3.05, 3.63) is 17.3 Å². The van der Waals surface area contributed by atoms with E-state index in [2.05, 4.69) is 9.88 Å². The lowest BCUT2D eigenvalue weighted by molar-refractivity contribution is 0.289. The summed E-state index contributed by atoms with van der Waals surface area (Å²) in [4.78, 5) is 6.46. The van der Waals surface area contributed by atoms with Crippen molar-refractivity contribution in [2.45, 2.75) is 38.1 Å². The predicted molar refractivity (Wildman–Crippen MR) is 75.0 cm³/mol. The Morgan fingerprint density at radius 1 is 1.39 bits per heavy atom. The van der Waals surface area contributed by atoms with Crippen LogP contribution >= 0.6 is 11.6 Å². The van der Waals surface area contributed by atoms with Gasteiger partial charge in [0.2, 0.25) is 0 Å². The Balaban J connectivity index is 2.22. The molecule has 0 spiro atoms. The fourth-order valence-corrected chi connectivity index (χ4v) is 2.90. The summed E-state index contributed by atoms with van der Waals surface area (Å²) in [7, 11) is 0. The van der Waals surface area contributed by atoms with Gasteiger partial charge in [0.05, 0.1) is 23.5 Å². The van der Waals surface area contributed by atoms with E-state index in [0.717, 1.165) is 18.7 Å². The van der Waals surface area contributed by atoms with Crippen LogP contribution in [0.3, 0.4) is 0 Å². The highest BCUT2D eigenvalue weighted by Crippen LogP contribution is 2.31.